The van der Waals surface area contributed by atoms with Gasteiger partial charge in [-0.05, 0) is 48.8 Å². The van der Waals surface area contributed by atoms with Gasteiger partial charge in [0.2, 0.25) is 0 Å². The number of nitro groups is 1. The second kappa shape index (κ2) is 6.05. The molecule has 1 aromatic rings. The molecule has 0 aromatic heterocycles. The van der Waals surface area contributed by atoms with Crippen LogP contribution < -0.4 is 5.32 Å². The van der Waals surface area contributed by atoms with Gasteiger partial charge in [-0.15, -0.1) is 0 Å². The number of anilines is 1. The molecule has 1 aliphatic rings. The van der Waals surface area contributed by atoms with Crippen molar-refractivity contribution < 1.29 is 9.31 Å². The molecule has 0 radical (unpaired) electrons. The fourth-order valence-electron chi connectivity index (χ4n) is 2.44. The number of nitrogens with zero attached hydrogens (tertiary/aromatic N) is 2. The Hall–Kier alpha value is -1.21. The number of benzene rings is 1. The molecular formula is C13H17BrFN3O2. The first kappa shape index (κ1) is 15.2. The lowest BCUT2D eigenvalue weighted by atomic mass is 9.98. The van der Waals surface area contributed by atoms with Gasteiger partial charge in [0.25, 0.3) is 5.69 Å². The summed E-state index contributed by atoms with van der Waals surface area (Å²) in [6, 6.07) is 2.97. The molecule has 1 heterocycles. The summed E-state index contributed by atoms with van der Waals surface area (Å²) in [6.07, 6.45) is 1.82. The van der Waals surface area contributed by atoms with E-state index in [1.54, 1.807) is 0 Å². The van der Waals surface area contributed by atoms with Crippen molar-refractivity contribution in [2.24, 2.45) is 0 Å². The Morgan fingerprint density at radius 3 is 2.85 bits per heavy atom. The van der Waals surface area contributed by atoms with E-state index < -0.39 is 10.7 Å². The average molecular weight is 346 g/mol. The molecule has 0 amide bonds. The predicted octanol–water partition coefficient (Wildman–Crippen LogP) is 3.39. The fraction of sp³-hybridized carbons (Fsp3) is 0.538. The molecule has 2 unspecified atom stereocenters. The summed E-state index contributed by atoms with van der Waals surface area (Å²) < 4.78 is 13.7. The van der Waals surface area contributed by atoms with Crippen LogP contribution in [0.2, 0.25) is 0 Å². The Morgan fingerprint density at radius 2 is 2.25 bits per heavy atom. The van der Waals surface area contributed by atoms with E-state index in [-0.39, 0.29) is 16.2 Å². The number of hydrogen-bond donors (Lipinski definition) is 1. The molecular weight excluding hydrogens is 329 g/mol. The number of piperidine rings is 1. The van der Waals surface area contributed by atoms with E-state index in [0.29, 0.717) is 11.7 Å². The Bertz CT molecular complexity index is 527. The highest BCUT2D eigenvalue weighted by Crippen LogP contribution is 2.32. The van der Waals surface area contributed by atoms with Crippen molar-refractivity contribution in [2.75, 3.05) is 18.9 Å². The van der Waals surface area contributed by atoms with Gasteiger partial charge in [-0.2, -0.15) is 0 Å². The molecule has 20 heavy (non-hydrogen) atoms. The van der Waals surface area contributed by atoms with Gasteiger partial charge in [-0.1, -0.05) is 0 Å². The Balaban J connectivity index is 2.20. The van der Waals surface area contributed by atoms with E-state index in [9.17, 15) is 14.5 Å². The topological polar surface area (TPSA) is 58.4 Å². The van der Waals surface area contributed by atoms with Crippen LogP contribution in [0.25, 0.3) is 0 Å². The summed E-state index contributed by atoms with van der Waals surface area (Å²) in [5, 5.41) is 14.2. The van der Waals surface area contributed by atoms with Gasteiger partial charge in [-0.25, -0.2) is 4.39 Å². The van der Waals surface area contributed by atoms with E-state index in [0.717, 1.165) is 25.5 Å². The van der Waals surface area contributed by atoms with Crippen LogP contribution in [0.5, 0.6) is 0 Å². The summed E-state index contributed by atoms with van der Waals surface area (Å²) in [4.78, 5) is 12.7. The molecule has 0 aliphatic carbocycles. The van der Waals surface area contributed by atoms with Crippen molar-refractivity contribution in [3.8, 4) is 0 Å². The zero-order chi connectivity index (χ0) is 14.9. The van der Waals surface area contributed by atoms with Gasteiger partial charge in [0.1, 0.15) is 11.5 Å². The van der Waals surface area contributed by atoms with Crippen molar-refractivity contribution >= 4 is 27.3 Å². The molecule has 1 aromatic carbocycles. The monoisotopic (exact) mass is 345 g/mol. The molecule has 1 saturated heterocycles. The third-order valence-electron chi connectivity index (χ3n) is 3.80. The quantitative estimate of drug-likeness (QED) is 0.673. The summed E-state index contributed by atoms with van der Waals surface area (Å²) in [7, 11) is 2.07. The molecule has 1 fully saturated rings. The van der Waals surface area contributed by atoms with E-state index >= 15 is 0 Å². The number of nitrogens with one attached hydrogen (secondary N) is 1. The zero-order valence-electron chi connectivity index (χ0n) is 11.4. The number of hydrogen-bond acceptors (Lipinski definition) is 4. The van der Waals surface area contributed by atoms with Crippen LogP contribution in [-0.2, 0) is 0 Å². The van der Waals surface area contributed by atoms with Gasteiger partial charge in [-0.3, -0.25) is 10.1 Å². The minimum absolute atomic E-state index is 0.164. The van der Waals surface area contributed by atoms with Crippen molar-refractivity contribution in [1.82, 2.24) is 4.90 Å². The maximum atomic E-state index is 13.4. The molecule has 2 atom stereocenters. The molecule has 0 bridgehead atoms. The van der Waals surface area contributed by atoms with E-state index in [1.807, 2.05) is 0 Å². The molecule has 2 rings (SSSR count). The Labute approximate surface area is 125 Å². The minimum Gasteiger partial charge on any atom is -0.377 e. The fourth-order valence-corrected chi connectivity index (χ4v) is 2.79. The minimum atomic E-state index is -0.626. The second-order valence-electron chi connectivity index (χ2n) is 5.24. The summed E-state index contributed by atoms with van der Waals surface area (Å²) in [6.45, 7) is 3.07. The molecule has 110 valence electrons. The van der Waals surface area contributed by atoms with Crippen LogP contribution in [0.1, 0.15) is 19.8 Å². The molecule has 1 aliphatic heterocycles. The maximum Gasteiger partial charge on any atom is 0.295 e. The van der Waals surface area contributed by atoms with Gasteiger partial charge >= 0.3 is 0 Å². The summed E-state index contributed by atoms with van der Waals surface area (Å²) in [5.74, 6) is -0.626. The highest BCUT2D eigenvalue weighted by Gasteiger charge is 2.25. The van der Waals surface area contributed by atoms with E-state index in [2.05, 4.69) is 40.1 Å². The first-order valence-electron chi connectivity index (χ1n) is 6.48. The number of likely N-dealkylation sites (tertiary alicyclic amines) is 1. The zero-order valence-corrected chi connectivity index (χ0v) is 13.0. The van der Waals surface area contributed by atoms with Crippen LogP contribution in [0.15, 0.2) is 16.6 Å². The standard InChI is InChI=1S/C13H17BrFN3O2/c1-8-5-9(3-4-17(8)2)16-12-6-10(14)11(15)7-13(12)18(19)20/h6-9,16H,3-5H2,1-2H3. The van der Waals surface area contributed by atoms with Crippen LogP contribution in [0.4, 0.5) is 15.8 Å². The van der Waals surface area contributed by atoms with E-state index in [1.165, 1.54) is 6.07 Å². The lowest BCUT2D eigenvalue weighted by Crippen LogP contribution is -2.42. The first-order valence-corrected chi connectivity index (χ1v) is 7.28. The lowest BCUT2D eigenvalue weighted by molar-refractivity contribution is -0.384. The molecule has 0 spiro atoms. The third-order valence-corrected chi connectivity index (χ3v) is 4.41. The smallest absolute Gasteiger partial charge is 0.295 e. The van der Waals surface area contributed by atoms with Crippen molar-refractivity contribution in [3.63, 3.8) is 0 Å². The normalized spacial score (nSPS) is 23.6. The SMILES string of the molecule is CC1CC(Nc2cc(Br)c(F)cc2[N+](=O)[O-])CCN1C. The number of halogens is 2. The van der Waals surface area contributed by atoms with Gasteiger partial charge in [0.15, 0.2) is 0 Å². The van der Waals surface area contributed by atoms with Crippen LogP contribution >= 0.6 is 15.9 Å². The van der Waals surface area contributed by atoms with Crippen LogP contribution in [0.3, 0.4) is 0 Å². The predicted molar refractivity (Wildman–Crippen MR) is 79.5 cm³/mol. The van der Waals surface area contributed by atoms with Crippen molar-refractivity contribution in [2.45, 2.75) is 31.8 Å². The van der Waals surface area contributed by atoms with Crippen molar-refractivity contribution in [3.05, 3.63) is 32.5 Å². The van der Waals surface area contributed by atoms with Crippen LogP contribution in [0, 0.1) is 15.9 Å². The Morgan fingerprint density at radius 1 is 1.55 bits per heavy atom. The number of nitro benzene ring substituents is 1. The highest BCUT2D eigenvalue weighted by molar-refractivity contribution is 9.10. The molecule has 5 nitrogen and oxygen atoms in total. The lowest BCUT2D eigenvalue weighted by Gasteiger charge is -2.35. The van der Waals surface area contributed by atoms with Gasteiger partial charge < -0.3 is 10.2 Å². The van der Waals surface area contributed by atoms with Gasteiger partial charge in [0, 0.05) is 18.6 Å². The second-order valence-corrected chi connectivity index (χ2v) is 6.09. The molecule has 0 saturated carbocycles. The Kier molecular flexibility index (Phi) is 4.59. The summed E-state index contributed by atoms with van der Waals surface area (Å²) in [5.41, 5.74) is 0.141. The molecule has 7 heteroatoms. The first-order chi connectivity index (χ1) is 9.38. The number of rotatable bonds is 3. The highest BCUT2D eigenvalue weighted by atomic mass is 79.9. The van der Waals surface area contributed by atoms with Crippen LogP contribution in [-0.4, -0.2) is 35.5 Å². The van der Waals surface area contributed by atoms with E-state index in [4.69, 9.17) is 0 Å². The summed E-state index contributed by atoms with van der Waals surface area (Å²) >= 11 is 3.07. The maximum absolute atomic E-state index is 13.4. The largest absolute Gasteiger partial charge is 0.377 e. The average Bonchev–Trinajstić information content (AvgIpc) is 2.37. The van der Waals surface area contributed by atoms with Crippen molar-refractivity contribution in [1.29, 1.82) is 0 Å². The third kappa shape index (κ3) is 3.27. The van der Waals surface area contributed by atoms with Gasteiger partial charge in [0.05, 0.1) is 15.5 Å². The molecule has 1 N–H and O–H groups in total.